The van der Waals surface area contributed by atoms with Crippen LogP contribution in [0, 0.1) is 0 Å². The number of pyridine rings is 1. The van der Waals surface area contributed by atoms with Gasteiger partial charge < -0.3 is 10.1 Å². The topological polar surface area (TPSA) is 51.2 Å². The van der Waals surface area contributed by atoms with Gasteiger partial charge in [0.25, 0.3) is 0 Å². The fourth-order valence-electron chi connectivity index (χ4n) is 1.91. The number of nitrogens with zero attached hydrogens (tertiary/aromatic N) is 1. The Balaban J connectivity index is 1.73. The summed E-state index contributed by atoms with van der Waals surface area (Å²) >= 11 is 0. The van der Waals surface area contributed by atoms with Crippen LogP contribution in [0.1, 0.15) is 18.4 Å². The van der Waals surface area contributed by atoms with Gasteiger partial charge in [-0.3, -0.25) is 9.78 Å². The number of methoxy groups -OCH3 is 1. The Morgan fingerprint density at radius 2 is 2.05 bits per heavy atom. The highest BCUT2D eigenvalue weighted by Gasteiger charge is 2.02. The summed E-state index contributed by atoms with van der Waals surface area (Å²) in [6.45, 7) is 0. The normalized spacial score (nSPS) is 10.1. The van der Waals surface area contributed by atoms with Crippen molar-refractivity contribution in [3.8, 4) is 5.75 Å². The van der Waals surface area contributed by atoms with E-state index in [1.54, 1.807) is 25.6 Å². The molecule has 4 heteroatoms. The minimum Gasteiger partial charge on any atom is -0.497 e. The SMILES string of the molecule is COc1ccc(CCCC(=O)Nc2cccnc2)cc1. The second-order valence-corrected chi connectivity index (χ2v) is 4.49. The van der Waals surface area contributed by atoms with Gasteiger partial charge >= 0.3 is 0 Å². The van der Waals surface area contributed by atoms with Crippen molar-refractivity contribution in [2.45, 2.75) is 19.3 Å². The summed E-state index contributed by atoms with van der Waals surface area (Å²) in [5, 5.41) is 2.82. The molecule has 0 fully saturated rings. The molecule has 1 aromatic carbocycles. The van der Waals surface area contributed by atoms with Crippen molar-refractivity contribution in [3.63, 3.8) is 0 Å². The summed E-state index contributed by atoms with van der Waals surface area (Å²) in [5.41, 5.74) is 1.95. The summed E-state index contributed by atoms with van der Waals surface area (Å²) in [5.74, 6) is 0.870. The number of ether oxygens (including phenoxy) is 1. The van der Waals surface area contributed by atoms with E-state index in [1.807, 2.05) is 30.3 Å². The fourth-order valence-corrected chi connectivity index (χ4v) is 1.91. The number of benzene rings is 1. The number of carbonyl (C=O) groups excluding carboxylic acids is 1. The van der Waals surface area contributed by atoms with Gasteiger partial charge in [-0.25, -0.2) is 0 Å². The monoisotopic (exact) mass is 270 g/mol. The van der Waals surface area contributed by atoms with Crippen LogP contribution in [0.5, 0.6) is 5.75 Å². The first kappa shape index (κ1) is 14.1. The third-order valence-electron chi connectivity index (χ3n) is 2.97. The first-order valence-electron chi connectivity index (χ1n) is 6.61. The van der Waals surface area contributed by atoms with E-state index >= 15 is 0 Å². The molecule has 0 spiro atoms. The number of hydrogen-bond donors (Lipinski definition) is 1. The number of aryl methyl sites for hydroxylation is 1. The number of hydrogen-bond acceptors (Lipinski definition) is 3. The van der Waals surface area contributed by atoms with Crippen LogP contribution in [0.2, 0.25) is 0 Å². The maximum atomic E-state index is 11.7. The van der Waals surface area contributed by atoms with E-state index < -0.39 is 0 Å². The van der Waals surface area contributed by atoms with Crippen LogP contribution >= 0.6 is 0 Å². The van der Waals surface area contributed by atoms with E-state index in [0.717, 1.165) is 24.3 Å². The molecule has 0 aliphatic carbocycles. The number of anilines is 1. The number of aromatic nitrogens is 1. The van der Waals surface area contributed by atoms with Crippen LogP contribution in [0.15, 0.2) is 48.8 Å². The zero-order chi connectivity index (χ0) is 14.2. The lowest BCUT2D eigenvalue weighted by Crippen LogP contribution is -2.11. The molecule has 1 aromatic heterocycles. The molecule has 1 heterocycles. The van der Waals surface area contributed by atoms with E-state index in [9.17, 15) is 4.79 Å². The lowest BCUT2D eigenvalue weighted by molar-refractivity contribution is -0.116. The Kier molecular flexibility index (Phi) is 5.12. The predicted molar refractivity (Wildman–Crippen MR) is 78.8 cm³/mol. The number of rotatable bonds is 6. The van der Waals surface area contributed by atoms with Crippen molar-refractivity contribution in [1.82, 2.24) is 4.98 Å². The molecule has 0 saturated heterocycles. The fraction of sp³-hybridized carbons (Fsp3) is 0.250. The van der Waals surface area contributed by atoms with Crippen molar-refractivity contribution in [3.05, 3.63) is 54.4 Å². The molecule has 2 aromatic rings. The molecule has 0 aliphatic heterocycles. The van der Waals surface area contributed by atoms with Crippen molar-refractivity contribution < 1.29 is 9.53 Å². The van der Waals surface area contributed by atoms with Gasteiger partial charge in [-0.05, 0) is 42.7 Å². The van der Waals surface area contributed by atoms with Gasteiger partial charge in [-0.1, -0.05) is 12.1 Å². The summed E-state index contributed by atoms with van der Waals surface area (Å²) in [4.78, 5) is 15.7. The second-order valence-electron chi connectivity index (χ2n) is 4.49. The van der Waals surface area contributed by atoms with E-state index in [-0.39, 0.29) is 5.91 Å². The van der Waals surface area contributed by atoms with Crippen LogP contribution in [0.25, 0.3) is 0 Å². The van der Waals surface area contributed by atoms with E-state index in [1.165, 1.54) is 5.56 Å². The molecule has 0 radical (unpaired) electrons. The van der Waals surface area contributed by atoms with Crippen LogP contribution in [-0.2, 0) is 11.2 Å². The summed E-state index contributed by atoms with van der Waals surface area (Å²) in [6, 6.07) is 11.5. The molecule has 1 N–H and O–H groups in total. The molecule has 0 aliphatic rings. The van der Waals surface area contributed by atoms with Crippen LogP contribution < -0.4 is 10.1 Å². The molecule has 1 amide bonds. The zero-order valence-corrected chi connectivity index (χ0v) is 11.5. The summed E-state index contributed by atoms with van der Waals surface area (Å²) < 4.78 is 5.11. The number of amides is 1. The minimum absolute atomic E-state index is 0.0199. The highest BCUT2D eigenvalue weighted by molar-refractivity contribution is 5.90. The van der Waals surface area contributed by atoms with Crippen LogP contribution in [0.3, 0.4) is 0 Å². The highest BCUT2D eigenvalue weighted by Crippen LogP contribution is 2.13. The summed E-state index contributed by atoms with van der Waals surface area (Å²) in [6.07, 6.45) is 5.52. The molecule has 0 atom stereocenters. The first-order valence-corrected chi connectivity index (χ1v) is 6.61. The van der Waals surface area contributed by atoms with Crippen molar-refractivity contribution in [1.29, 1.82) is 0 Å². The van der Waals surface area contributed by atoms with Gasteiger partial charge in [-0.15, -0.1) is 0 Å². The number of nitrogens with one attached hydrogen (secondary N) is 1. The molecule has 0 unspecified atom stereocenters. The Labute approximate surface area is 118 Å². The quantitative estimate of drug-likeness (QED) is 0.877. The Morgan fingerprint density at radius 1 is 1.25 bits per heavy atom. The van der Waals surface area contributed by atoms with Gasteiger partial charge in [0, 0.05) is 12.6 Å². The molecule has 0 saturated carbocycles. The van der Waals surface area contributed by atoms with Gasteiger partial charge in [0.05, 0.1) is 19.0 Å². The van der Waals surface area contributed by atoms with E-state index in [4.69, 9.17) is 4.74 Å². The Morgan fingerprint density at radius 3 is 2.70 bits per heavy atom. The second kappa shape index (κ2) is 7.28. The number of carbonyl (C=O) groups is 1. The molecule has 0 bridgehead atoms. The predicted octanol–water partition coefficient (Wildman–Crippen LogP) is 3.05. The van der Waals surface area contributed by atoms with Crippen molar-refractivity contribution in [2.24, 2.45) is 0 Å². The smallest absolute Gasteiger partial charge is 0.224 e. The molecule has 2 rings (SSSR count). The van der Waals surface area contributed by atoms with Gasteiger partial charge in [0.1, 0.15) is 5.75 Å². The van der Waals surface area contributed by atoms with E-state index in [2.05, 4.69) is 10.3 Å². The zero-order valence-electron chi connectivity index (χ0n) is 11.5. The van der Waals surface area contributed by atoms with E-state index in [0.29, 0.717) is 6.42 Å². The van der Waals surface area contributed by atoms with Crippen LogP contribution in [-0.4, -0.2) is 18.0 Å². The van der Waals surface area contributed by atoms with Crippen LogP contribution in [0.4, 0.5) is 5.69 Å². The molecular weight excluding hydrogens is 252 g/mol. The average Bonchev–Trinajstić information content (AvgIpc) is 2.49. The molecular formula is C16H18N2O2. The first-order chi connectivity index (χ1) is 9.78. The standard InChI is InChI=1S/C16H18N2O2/c1-20-15-9-7-13(8-10-15)4-2-6-16(19)18-14-5-3-11-17-12-14/h3,5,7-12H,2,4,6H2,1H3,(H,18,19). The minimum atomic E-state index is 0.0199. The maximum absolute atomic E-state index is 11.7. The van der Waals surface area contributed by atoms with Crippen molar-refractivity contribution >= 4 is 11.6 Å². The third-order valence-corrected chi connectivity index (χ3v) is 2.97. The largest absolute Gasteiger partial charge is 0.497 e. The molecule has 4 nitrogen and oxygen atoms in total. The molecule has 104 valence electrons. The molecule has 20 heavy (non-hydrogen) atoms. The van der Waals surface area contributed by atoms with Crippen molar-refractivity contribution in [2.75, 3.05) is 12.4 Å². The highest BCUT2D eigenvalue weighted by atomic mass is 16.5. The Bertz CT molecular complexity index is 538. The average molecular weight is 270 g/mol. The van der Waals surface area contributed by atoms with Gasteiger partial charge in [-0.2, -0.15) is 0 Å². The third kappa shape index (κ3) is 4.39. The van der Waals surface area contributed by atoms with Gasteiger partial charge in [0.2, 0.25) is 5.91 Å². The Hall–Kier alpha value is -2.36. The lowest BCUT2D eigenvalue weighted by Gasteiger charge is -2.05. The lowest BCUT2D eigenvalue weighted by atomic mass is 10.1. The van der Waals surface area contributed by atoms with Gasteiger partial charge in [0.15, 0.2) is 0 Å². The summed E-state index contributed by atoms with van der Waals surface area (Å²) in [7, 11) is 1.65. The maximum Gasteiger partial charge on any atom is 0.224 e.